The van der Waals surface area contributed by atoms with Crippen molar-refractivity contribution in [3.05, 3.63) is 70.9 Å². The van der Waals surface area contributed by atoms with Crippen LogP contribution in [-0.4, -0.2) is 40.2 Å². The molecule has 1 aliphatic rings. The number of halogens is 4. The van der Waals surface area contributed by atoms with E-state index in [1.807, 2.05) is 65.8 Å². The minimum atomic E-state index is -2.40. The van der Waals surface area contributed by atoms with Crippen LogP contribution < -0.4 is 0 Å². The van der Waals surface area contributed by atoms with E-state index in [0.29, 0.717) is 18.5 Å². The predicted molar refractivity (Wildman–Crippen MR) is 136 cm³/mol. The van der Waals surface area contributed by atoms with E-state index in [4.69, 9.17) is 4.74 Å². The molecule has 198 valence electrons. The van der Waals surface area contributed by atoms with Gasteiger partial charge in [0.1, 0.15) is 17.2 Å². The number of aromatic nitrogens is 1. The van der Waals surface area contributed by atoms with Gasteiger partial charge in [-0.1, -0.05) is 32.0 Å². The number of para-hydroxylation sites is 1. The zero-order chi connectivity index (χ0) is 27.2. The first-order valence-corrected chi connectivity index (χ1v) is 12.1. The summed E-state index contributed by atoms with van der Waals surface area (Å²) in [6, 6.07) is 11.1. The molecule has 4 nitrogen and oxygen atoms in total. The Hall–Kier alpha value is -2.87. The van der Waals surface area contributed by atoms with Crippen LogP contribution in [-0.2, 0) is 17.7 Å². The van der Waals surface area contributed by atoms with E-state index in [9.17, 15) is 22.4 Å². The maximum Gasteiger partial charge on any atom is 0.419 e. The number of nitrogens with zero attached hydrogens (tertiary/aromatic N) is 2. The highest BCUT2D eigenvalue weighted by Gasteiger charge is 2.32. The van der Waals surface area contributed by atoms with Crippen molar-refractivity contribution in [1.29, 1.82) is 0 Å². The first kappa shape index (κ1) is 29.4. The van der Waals surface area contributed by atoms with Gasteiger partial charge in [0.25, 0.3) is 6.43 Å². The smallest absolute Gasteiger partial charge is 0.419 e. The molecule has 0 spiro atoms. The summed E-state index contributed by atoms with van der Waals surface area (Å²) < 4.78 is 57.3. The van der Waals surface area contributed by atoms with E-state index in [-0.39, 0.29) is 12.6 Å². The topological polar surface area (TPSA) is 34.5 Å². The molecule has 4 rings (SSSR count). The molecule has 3 aromatic rings. The maximum absolute atomic E-state index is 12.9. The van der Waals surface area contributed by atoms with Gasteiger partial charge in [0.05, 0.1) is 12.1 Å². The van der Waals surface area contributed by atoms with Crippen LogP contribution in [0.2, 0.25) is 0 Å². The van der Waals surface area contributed by atoms with Crippen LogP contribution in [0.1, 0.15) is 58.4 Å². The lowest BCUT2D eigenvalue weighted by molar-refractivity contribution is 0.0489. The minimum Gasteiger partial charge on any atom is -0.443 e. The monoisotopic (exact) mass is 508 g/mol. The SMILES string of the molecule is CC.CC1Cc2c(n(C(=O)OC(C)(C)C)c3ccccc23)CN1CC(F)F.Cc1cc(F)cc(F)c1. The Morgan fingerprint density at radius 1 is 1.08 bits per heavy atom. The van der Waals surface area contributed by atoms with Crippen molar-refractivity contribution in [3.8, 4) is 0 Å². The summed E-state index contributed by atoms with van der Waals surface area (Å²) in [5.74, 6) is -1.04. The number of benzene rings is 2. The number of aryl methyl sites for hydroxylation is 1. The zero-order valence-corrected chi connectivity index (χ0v) is 22.0. The third-order valence-electron chi connectivity index (χ3n) is 5.52. The molecule has 1 unspecified atom stereocenters. The van der Waals surface area contributed by atoms with Crippen molar-refractivity contribution in [2.45, 2.75) is 79.5 Å². The van der Waals surface area contributed by atoms with Crippen molar-refractivity contribution >= 4 is 17.0 Å². The molecule has 0 amide bonds. The number of fused-ring (bicyclic) bond motifs is 3. The molecular formula is C28H36F4N2O2. The first-order valence-electron chi connectivity index (χ1n) is 12.1. The lowest BCUT2D eigenvalue weighted by Crippen LogP contribution is -2.42. The highest BCUT2D eigenvalue weighted by molar-refractivity contribution is 5.94. The Morgan fingerprint density at radius 3 is 2.19 bits per heavy atom. The van der Waals surface area contributed by atoms with Gasteiger partial charge in [-0.05, 0) is 70.4 Å². The van der Waals surface area contributed by atoms with Crippen LogP contribution in [0.5, 0.6) is 0 Å². The number of carbonyl (C=O) groups is 1. The van der Waals surface area contributed by atoms with E-state index >= 15 is 0 Å². The van der Waals surface area contributed by atoms with Crippen LogP contribution in [0.4, 0.5) is 22.4 Å². The van der Waals surface area contributed by atoms with Crippen molar-refractivity contribution in [2.75, 3.05) is 6.54 Å². The molecule has 2 heterocycles. The number of carbonyl (C=O) groups excluding carboxylic acids is 1. The van der Waals surface area contributed by atoms with Gasteiger partial charge in [0.15, 0.2) is 0 Å². The number of alkyl halides is 2. The summed E-state index contributed by atoms with van der Waals surface area (Å²) in [5, 5.41) is 0.993. The molecule has 0 radical (unpaired) electrons. The summed E-state index contributed by atoms with van der Waals surface area (Å²) in [7, 11) is 0. The van der Waals surface area contributed by atoms with E-state index < -0.39 is 29.8 Å². The van der Waals surface area contributed by atoms with Gasteiger partial charge in [-0.25, -0.2) is 26.9 Å². The second-order valence-corrected chi connectivity index (χ2v) is 9.58. The van der Waals surface area contributed by atoms with Crippen molar-refractivity contribution < 1.29 is 27.1 Å². The standard InChI is InChI=1S/C19H24F2N2O2.C7H6F2.C2H6/c1-12-9-14-13-7-5-6-8-15(13)23(18(24)25-19(2,3)4)16(14)10-22(12)11-17(20)21;1-5-2-6(8)4-7(9)3-5;1-2/h5-8,12,17H,9-11H2,1-4H3;2-4H,1H3;1-2H3. The van der Waals surface area contributed by atoms with Crippen LogP contribution in [0.25, 0.3) is 10.9 Å². The Balaban J connectivity index is 0.000000347. The van der Waals surface area contributed by atoms with Gasteiger partial charge in [0.2, 0.25) is 0 Å². The van der Waals surface area contributed by atoms with E-state index in [0.717, 1.165) is 28.2 Å². The van der Waals surface area contributed by atoms with Gasteiger partial charge < -0.3 is 4.74 Å². The summed E-state index contributed by atoms with van der Waals surface area (Å²) in [5.41, 5.74) is 2.56. The normalized spacial score (nSPS) is 15.5. The van der Waals surface area contributed by atoms with Gasteiger partial charge in [-0.2, -0.15) is 0 Å². The highest BCUT2D eigenvalue weighted by Crippen LogP contribution is 2.33. The Labute approximate surface area is 210 Å². The van der Waals surface area contributed by atoms with E-state index in [2.05, 4.69) is 0 Å². The molecule has 0 saturated carbocycles. The summed E-state index contributed by atoms with van der Waals surface area (Å²) in [4.78, 5) is 14.5. The molecular weight excluding hydrogens is 472 g/mol. The van der Waals surface area contributed by atoms with Crippen molar-refractivity contribution in [2.24, 2.45) is 0 Å². The number of hydrogen-bond acceptors (Lipinski definition) is 3. The van der Waals surface area contributed by atoms with Crippen molar-refractivity contribution in [1.82, 2.24) is 9.47 Å². The quantitative estimate of drug-likeness (QED) is 0.332. The molecule has 1 aliphatic heterocycles. The Bertz CT molecular complexity index is 1120. The molecule has 0 saturated heterocycles. The van der Waals surface area contributed by atoms with Crippen LogP contribution in [0.3, 0.4) is 0 Å². The number of rotatable bonds is 2. The maximum atomic E-state index is 12.9. The number of hydrogen-bond donors (Lipinski definition) is 0. The molecule has 36 heavy (non-hydrogen) atoms. The molecule has 0 fully saturated rings. The molecule has 0 aliphatic carbocycles. The largest absolute Gasteiger partial charge is 0.443 e. The minimum absolute atomic E-state index is 0.000562. The summed E-state index contributed by atoms with van der Waals surface area (Å²) in [6.45, 7) is 13.1. The van der Waals surface area contributed by atoms with Gasteiger partial charge in [-0.15, -0.1) is 0 Å². The van der Waals surface area contributed by atoms with Crippen LogP contribution in [0.15, 0.2) is 42.5 Å². The first-order chi connectivity index (χ1) is 16.9. The van der Waals surface area contributed by atoms with Crippen LogP contribution >= 0.6 is 0 Å². The van der Waals surface area contributed by atoms with E-state index in [1.165, 1.54) is 12.1 Å². The average Bonchev–Trinajstić information content (AvgIpc) is 3.07. The molecule has 1 atom stereocenters. The second-order valence-electron chi connectivity index (χ2n) is 9.58. The third kappa shape index (κ3) is 7.56. The molecule has 8 heteroatoms. The Morgan fingerprint density at radius 2 is 1.67 bits per heavy atom. The molecule has 0 bridgehead atoms. The fourth-order valence-electron chi connectivity index (χ4n) is 4.16. The van der Waals surface area contributed by atoms with E-state index in [1.54, 1.807) is 16.4 Å². The van der Waals surface area contributed by atoms with Gasteiger partial charge in [0, 0.05) is 29.7 Å². The molecule has 0 N–H and O–H groups in total. The fourth-order valence-corrected chi connectivity index (χ4v) is 4.16. The Kier molecular flexibility index (Phi) is 10.1. The summed E-state index contributed by atoms with van der Waals surface area (Å²) in [6.07, 6.45) is -2.22. The lowest BCUT2D eigenvalue weighted by Gasteiger charge is -2.34. The predicted octanol–water partition coefficient (Wildman–Crippen LogP) is 7.74. The number of ether oxygens (including phenoxy) is 1. The van der Waals surface area contributed by atoms with Gasteiger partial charge >= 0.3 is 6.09 Å². The molecule has 1 aromatic heterocycles. The third-order valence-corrected chi connectivity index (χ3v) is 5.52. The molecule has 2 aromatic carbocycles. The fraction of sp³-hybridized carbons (Fsp3) is 0.464. The lowest BCUT2D eigenvalue weighted by atomic mass is 9.98. The van der Waals surface area contributed by atoms with Gasteiger partial charge in [-0.3, -0.25) is 4.90 Å². The zero-order valence-electron chi connectivity index (χ0n) is 22.0. The average molecular weight is 509 g/mol. The highest BCUT2D eigenvalue weighted by atomic mass is 19.3. The second kappa shape index (κ2) is 12.4. The summed E-state index contributed by atoms with van der Waals surface area (Å²) >= 11 is 0. The van der Waals surface area contributed by atoms with Crippen LogP contribution in [0, 0.1) is 18.6 Å². The van der Waals surface area contributed by atoms with Crippen molar-refractivity contribution in [3.63, 3.8) is 0 Å².